The number of carbonyl (C=O) groups is 1. The van der Waals surface area contributed by atoms with E-state index in [2.05, 4.69) is 24.1 Å². The molecule has 3 aromatic rings. The lowest BCUT2D eigenvalue weighted by molar-refractivity contribution is 0.102. The Bertz CT molecular complexity index is 861. The van der Waals surface area contributed by atoms with Crippen LogP contribution in [0.3, 0.4) is 0 Å². The highest BCUT2D eigenvalue weighted by Crippen LogP contribution is 2.28. The van der Waals surface area contributed by atoms with Crippen molar-refractivity contribution in [2.75, 3.05) is 5.32 Å². The Labute approximate surface area is 141 Å². The minimum Gasteiger partial charge on any atom is -0.298 e. The normalized spacial score (nSPS) is 11.1. The van der Waals surface area contributed by atoms with E-state index in [9.17, 15) is 9.18 Å². The van der Waals surface area contributed by atoms with Gasteiger partial charge in [-0.25, -0.2) is 9.37 Å². The molecular weight excluding hydrogens is 331 g/mol. The van der Waals surface area contributed by atoms with Gasteiger partial charge in [0.15, 0.2) is 5.13 Å². The lowest BCUT2D eigenvalue weighted by Gasteiger charge is -2.07. The molecule has 0 unspecified atom stereocenters. The molecule has 23 heavy (non-hydrogen) atoms. The smallest absolute Gasteiger partial charge is 0.257 e. The van der Waals surface area contributed by atoms with Gasteiger partial charge in [-0.15, -0.1) is 11.8 Å². The minimum absolute atomic E-state index is 0.240. The van der Waals surface area contributed by atoms with E-state index >= 15 is 0 Å². The third-order valence-corrected chi connectivity index (χ3v) is 4.99. The summed E-state index contributed by atoms with van der Waals surface area (Å²) in [5, 5.41) is 3.59. The van der Waals surface area contributed by atoms with Crippen molar-refractivity contribution in [3.8, 4) is 0 Å². The van der Waals surface area contributed by atoms with E-state index in [1.165, 1.54) is 17.4 Å². The fourth-order valence-corrected chi connectivity index (χ4v) is 3.89. The minimum atomic E-state index is -0.380. The van der Waals surface area contributed by atoms with Crippen molar-refractivity contribution in [3.63, 3.8) is 0 Å². The van der Waals surface area contributed by atoms with Crippen LogP contribution in [0.4, 0.5) is 9.52 Å². The number of carbonyl (C=O) groups excluding carboxylic acids is 1. The van der Waals surface area contributed by atoms with Gasteiger partial charge in [0.2, 0.25) is 0 Å². The van der Waals surface area contributed by atoms with E-state index in [0.717, 1.165) is 4.90 Å². The van der Waals surface area contributed by atoms with Crippen molar-refractivity contribution in [3.05, 3.63) is 53.8 Å². The highest BCUT2D eigenvalue weighted by atomic mass is 32.2. The summed E-state index contributed by atoms with van der Waals surface area (Å²) in [4.78, 5) is 17.6. The van der Waals surface area contributed by atoms with Crippen molar-refractivity contribution in [2.24, 2.45) is 0 Å². The zero-order valence-electron chi connectivity index (χ0n) is 12.7. The monoisotopic (exact) mass is 346 g/mol. The first-order valence-corrected chi connectivity index (χ1v) is 8.85. The molecule has 0 atom stereocenters. The maximum atomic E-state index is 13.7. The third-order valence-electron chi connectivity index (χ3n) is 3.06. The van der Waals surface area contributed by atoms with Gasteiger partial charge in [-0.1, -0.05) is 37.3 Å². The van der Waals surface area contributed by atoms with Crippen molar-refractivity contribution in [2.45, 2.75) is 24.0 Å². The standard InChI is InChI=1S/C17H15FN2OS2/c1-10(2)22-12-6-3-5-11(9-12)16(21)20-17-19-15-13(18)7-4-8-14(15)23-17/h3-10H,1-2H3,(H,19,20,21). The van der Waals surface area contributed by atoms with E-state index in [4.69, 9.17) is 0 Å². The van der Waals surface area contributed by atoms with Gasteiger partial charge in [0.25, 0.3) is 5.91 Å². The SMILES string of the molecule is CC(C)Sc1cccc(C(=O)Nc2nc3c(F)cccc3s2)c1. The topological polar surface area (TPSA) is 42.0 Å². The van der Waals surface area contributed by atoms with Gasteiger partial charge >= 0.3 is 0 Å². The molecule has 0 aliphatic rings. The number of aromatic nitrogens is 1. The Morgan fingerprint density at radius 2 is 2.04 bits per heavy atom. The lowest BCUT2D eigenvalue weighted by Crippen LogP contribution is -2.11. The number of anilines is 1. The Morgan fingerprint density at radius 3 is 2.78 bits per heavy atom. The van der Waals surface area contributed by atoms with Crippen LogP contribution in [0, 0.1) is 5.82 Å². The Morgan fingerprint density at radius 1 is 1.26 bits per heavy atom. The molecule has 0 radical (unpaired) electrons. The van der Waals surface area contributed by atoms with Gasteiger partial charge in [-0.3, -0.25) is 10.1 Å². The fraction of sp³-hybridized carbons (Fsp3) is 0.176. The van der Waals surface area contributed by atoms with Crippen LogP contribution in [0.15, 0.2) is 47.4 Å². The van der Waals surface area contributed by atoms with Crippen molar-refractivity contribution >= 4 is 44.4 Å². The molecule has 1 amide bonds. The summed E-state index contributed by atoms with van der Waals surface area (Å²) in [6.07, 6.45) is 0. The third kappa shape index (κ3) is 3.71. The molecule has 0 spiro atoms. The van der Waals surface area contributed by atoms with Gasteiger partial charge in [0, 0.05) is 15.7 Å². The highest BCUT2D eigenvalue weighted by Gasteiger charge is 2.12. The molecule has 0 saturated heterocycles. The molecule has 6 heteroatoms. The second-order valence-electron chi connectivity index (χ2n) is 5.25. The molecule has 0 bridgehead atoms. The van der Waals surface area contributed by atoms with Gasteiger partial charge in [-0.05, 0) is 30.3 Å². The van der Waals surface area contributed by atoms with Crippen LogP contribution in [0.1, 0.15) is 24.2 Å². The van der Waals surface area contributed by atoms with E-state index in [0.29, 0.717) is 20.6 Å². The quantitative estimate of drug-likeness (QED) is 0.661. The molecular formula is C17H15FN2OS2. The maximum Gasteiger partial charge on any atom is 0.257 e. The lowest BCUT2D eigenvalue weighted by atomic mass is 10.2. The summed E-state index contributed by atoms with van der Waals surface area (Å²) >= 11 is 2.96. The molecule has 0 fully saturated rings. The molecule has 0 aliphatic carbocycles. The number of halogens is 1. The number of thioether (sulfide) groups is 1. The van der Waals surface area contributed by atoms with Crippen LogP contribution < -0.4 is 5.32 Å². The first kappa shape index (κ1) is 16.0. The number of nitrogens with zero attached hydrogens (tertiary/aromatic N) is 1. The van der Waals surface area contributed by atoms with Gasteiger partial charge in [0.1, 0.15) is 11.3 Å². The fourth-order valence-electron chi connectivity index (χ4n) is 2.12. The van der Waals surface area contributed by atoms with Gasteiger partial charge < -0.3 is 0 Å². The first-order chi connectivity index (χ1) is 11.0. The predicted molar refractivity (Wildman–Crippen MR) is 95.0 cm³/mol. The average Bonchev–Trinajstić information content (AvgIpc) is 2.91. The summed E-state index contributed by atoms with van der Waals surface area (Å²) < 4.78 is 14.4. The summed E-state index contributed by atoms with van der Waals surface area (Å²) in [5.41, 5.74) is 0.854. The molecule has 1 N–H and O–H groups in total. The van der Waals surface area contributed by atoms with Gasteiger partial charge in [0.05, 0.1) is 4.70 Å². The molecule has 118 valence electrons. The number of hydrogen-bond acceptors (Lipinski definition) is 4. The number of amides is 1. The number of rotatable bonds is 4. The number of hydrogen-bond donors (Lipinski definition) is 1. The van der Waals surface area contributed by atoms with Crippen LogP contribution in [0.5, 0.6) is 0 Å². The van der Waals surface area contributed by atoms with Crippen LogP contribution in [0.2, 0.25) is 0 Å². The summed E-state index contributed by atoms with van der Waals surface area (Å²) in [5.74, 6) is -0.620. The zero-order valence-corrected chi connectivity index (χ0v) is 14.3. The molecule has 3 nitrogen and oxygen atoms in total. The summed E-state index contributed by atoms with van der Waals surface area (Å²) in [6.45, 7) is 4.21. The molecule has 1 heterocycles. The zero-order chi connectivity index (χ0) is 16.4. The molecule has 1 aromatic heterocycles. The second-order valence-corrected chi connectivity index (χ2v) is 7.93. The Balaban J connectivity index is 1.81. The number of nitrogens with one attached hydrogen (secondary N) is 1. The van der Waals surface area contributed by atoms with E-state index in [1.54, 1.807) is 30.0 Å². The largest absolute Gasteiger partial charge is 0.298 e. The van der Waals surface area contributed by atoms with Crippen molar-refractivity contribution < 1.29 is 9.18 Å². The van der Waals surface area contributed by atoms with E-state index in [1.807, 2.05) is 18.2 Å². The van der Waals surface area contributed by atoms with Crippen LogP contribution in [0.25, 0.3) is 10.2 Å². The number of benzene rings is 2. The summed E-state index contributed by atoms with van der Waals surface area (Å²) in [6, 6.07) is 12.2. The number of thiazole rings is 1. The first-order valence-electron chi connectivity index (χ1n) is 7.16. The molecule has 0 aliphatic heterocycles. The average molecular weight is 346 g/mol. The molecule has 3 rings (SSSR count). The van der Waals surface area contributed by atoms with Crippen LogP contribution >= 0.6 is 23.1 Å². The molecule has 0 saturated carbocycles. The van der Waals surface area contributed by atoms with E-state index in [-0.39, 0.29) is 17.2 Å². The Kier molecular flexibility index (Phi) is 4.63. The Hall–Kier alpha value is -1.92. The van der Waals surface area contributed by atoms with Crippen molar-refractivity contribution in [1.82, 2.24) is 4.98 Å². The number of para-hydroxylation sites is 1. The highest BCUT2D eigenvalue weighted by molar-refractivity contribution is 7.99. The summed E-state index contributed by atoms with van der Waals surface area (Å²) in [7, 11) is 0. The number of fused-ring (bicyclic) bond motifs is 1. The second kappa shape index (κ2) is 6.68. The van der Waals surface area contributed by atoms with Crippen molar-refractivity contribution in [1.29, 1.82) is 0 Å². The van der Waals surface area contributed by atoms with Crippen LogP contribution in [-0.2, 0) is 0 Å². The van der Waals surface area contributed by atoms with Gasteiger partial charge in [-0.2, -0.15) is 0 Å². The molecule has 2 aromatic carbocycles. The van der Waals surface area contributed by atoms with E-state index < -0.39 is 0 Å². The van der Waals surface area contributed by atoms with Crippen LogP contribution in [-0.4, -0.2) is 16.1 Å². The maximum absolute atomic E-state index is 13.7. The predicted octanol–water partition coefficient (Wildman–Crippen LogP) is 5.19.